The third-order valence-corrected chi connectivity index (χ3v) is 5.08. The average Bonchev–Trinajstić information content (AvgIpc) is 3.01. The molecule has 5 nitrogen and oxygen atoms in total. The van der Waals surface area contributed by atoms with E-state index in [2.05, 4.69) is 21.8 Å². The van der Waals surface area contributed by atoms with E-state index in [-0.39, 0.29) is 5.92 Å². The van der Waals surface area contributed by atoms with Crippen molar-refractivity contribution < 1.29 is 9.90 Å². The van der Waals surface area contributed by atoms with E-state index in [9.17, 15) is 9.90 Å². The first-order valence-corrected chi connectivity index (χ1v) is 8.17. The second-order valence-corrected chi connectivity index (χ2v) is 6.46. The second-order valence-electron chi connectivity index (χ2n) is 6.46. The molecule has 2 unspecified atom stereocenters. The lowest BCUT2D eigenvalue weighted by atomic mass is 9.84. The van der Waals surface area contributed by atoms with Gasteiger partial charge in [0.25, 0.3) is 0 Å². The first-order valence-electron chi connectivity index (χ1n) is 8.17. The zero-order chi connectivity index (χ0) is 14.9. The Morgan fingerprint density at radius 3 is 3.00 bits per heavy atom. The lowest BCUT2D eigenvalue weighted by molar-refractivity contribution is -0.147. The van der Waals surface area contributed by atoms with Gasteiger partial charge >= 0.3 is 5.97 Å². The summed E-state index contributed by atoms with van der Waals surface area (Å²) in [7, 11) is 0. The van der Waals surface area contributed by atoms with Crippen molar-refractivity contribution in [2.24, 2.45) is 5.92 Å². The van der Waals surface area contributed by atoms with E-state index in [0.717, 1.165) is 57.3 Å². The van der Waals surface area contributed by atoms with E-state index >= 15 is 0 Å². The van der Waals surface area contributed by atoms with E-state index in [0.29, 0.717) is 6.04 Å². The first kappa shape index (κ1) is 14.6. The average molecular weight is 291 g/mol. The van der Waals surface area contributed by atoms with Gasteiger partial charge in [-0.15, -0.1) is 0 Å². The molecule has 116 valence electrons. The van der Waals surface area contributed by atoms with Crippen molar-refractivity contribution in [2.45, 2.75) is 70.0 Å². The van der Waals surface area contributed by atoms with Gasteiger partial charge < -0.3 is 9.67 Å². The molecule has 1 aromatic rings. The second kappa shape index (κ2) is 5.79. The molecule has 0 aromatic carbocycles. The molecule has 0 aliphatic heterocycles. The Hall–Kier alpha value is -1.36. The highest BCUT2D eigenvalue weighted by atomic mass is 16.4. The van der Waals surface area contributed by atoms with Crippen LogP contribution < -0.4 is 5.32 Å². The minimum absolute atomic E-state index is 0.225. The van der Waals surface area contributed by atoms with Crippen LogP contribution in [0.1, 0.15) is 51.3 Å². The van der Waals surface area contributed by atoms with Crippen molar-refractivity contribution in [2.75, 3.05) is 0 Å². The monoisotopic (exact) mass is 291 g/mol. The van der Waals surface area contributed by atoms with E-state index in [1.807, 2.05) is 12.4 Å². The van der Waals surface area contributed by atoms with Crippen molar-refractivity contribution in [1.82, 2.24) is 14.9 Å². The van der Waals surface area contributed by atoms with Crippen molar-refractivity contribution in [3.63, 3.8) is 0 Å². The number of hydrogen-bond donors (Lipinski definition) is 2. The summed E-state index contributed by atoms with van der Waals surface area (Å²) in [6.45, 7) is 2.97. The number of hydrogen-bond acceptors (Lipinski definition) is 3. The summed E-state index contributed by atoms with van der Waals surface area (Å²) in [5.41, 5.74) is -0.686. The quantitative estimate of drug-likeness (QED) is 0.808. The molecular formula is C16H25N3O2. The van der Waals surface area contributed by atoms with E-state index in [1.165, 1.54) is 0 Å². The highest BCUT2D eigenvalue weighted by Crippen LogP contribution is 2.41. The smallest absolute Gasteiger partial charge is 0.324 e. The van der Waals surface area contributed by atoms with Gasteiger partial charge in [-0.2, -0.15) is 0 Å². The molecule has 0 amide bonds. The van der Waals surface area contributed by atoms with E-state index < -0.39 is 11.5 Å². The Kier molecular flexibility index (Phi) is 4.02. The Labute approximate surface area is 125 Å². The van der Waals surface area contributed by atoms with Crippen LogP contribution in [-0.4, -0.2) is 32.2 Å². The highest BCUT2D eigenvalue weighted by Gasteiger charge is 2.51. The van der Waals surface area contributed by atoms with Gasteiger partial charge in [0.05, 0.1) is 0 Å². The summed E-state index contributed by atoms with van der Waals surface area (Å²) >= 11 is 0. The van der Waals surface area contributed by atoms with Gasteiger partial charge in [0, 0.05) is 31.4 Å². The van der Waals surface area contributed by atoms with Gasteiger partial charge in [-0.3, -0.25) is 10.1 Å². The normalized spacial score (nSPS) is 28.9. The number of carboxylic acids is 1. The minimum Gasteiger partial charge on any atom is -0.480 e. The lowest BCUT2D eigenvalue weighted by Crippen LogP contribution is -2.55. The van der Waals surface area contributed by atoms with E-state index in [1.54, 1.807) is 0 Å². The summed E-state index contributed by atoms with van der Waals surface area (Å²) < 4.78 is 2.17. The van der Waals surface area contributed by atoms with Crippen LogP contribution in [0.25, 0.3) is 0 Å². The van der Waals surface area contributed by atoms with Gasteiger partial charge in [-0.05, 0) is 38.0 Å². The van der Waals surface area contributed by atoms with Gasteiger partial charge in [0.1, 0.15) is 11.4 Å². The lowest BCUT2D eigenvalue weighted by Gasteiger charge is -2.33. The molecule has 1 aromatic heterocycles. The van der Waals surface area contributed by atoms with Gasteiger partial charge in [0.2, 0.25) is 0 Å². The fraction of sp³-hybridized carbons (Fsp3) is 0.750. The SMILES string of the molecule is CCc1nccn1CCC1CCCC1(NC1CC1)C(=O)O. The molecule has 2 atom stereocenters. The van der Waals surface area contributed by atoms with E-state index in [4.69, 9.17) is 0 Å². The highest BCUT2D eigenvalue weighted by molar-refractivity contribution is 5.80. The minimum atomic E-state index is -0.686. The molecule has 0 spiro atoms. The Bertz CT molecular complexity index is 509. The molecule has 0 radical (unpaired) electrons. The third-order valence-electron chi connectivity index (χ3n) is 5.08. The largest absolute Gasteiger partial charge is 0.480 e. The van der Waals surface area contributed by atoms with Crippen molar-refractivity contribution in [3.05, 3.63) is 18.2 Å². The number of rotatable bonds is 7. The van der Waals surface area contributed by atoms with Crippen molar-refractivity contribution in [3.8, 4) is 0 Å². The van der Waals surface area contributed by atoms with Gasteiger partial charge in [-0.25, -0.2) is 4.98 Å². The topological polar surface area (TPSA) is 67.2 Å². The number of aromatic nitrogens is 2. The Balaban J connectivity index is 1.69. The summed E-state index contributed by atoms with van der Waals surface area (Å²) in [6, 6.07) is 0.432. The Morgan fingerprint density at radius 1 is 1.52 bits per heavy atom. The number of imidazole rings is 1. The molecule has 5 heteroatoms. The van der Waals surface area contributed by atoms with Gasteiger partial charge in [-0.1, -0.05) is 13.3 Å². The van der Waals surface area contributed by atoms with Crippen LogP contribution in [0.3, 0.4) is 0 Å². The molecular weight excluding hydrogens is 266 g/mol. The molecule has 21 heavy (non-hydrogen) atoms. The molecule has 2 saturated carbocycles. The van der Waals surface area contributed by atoms with Crippen LogP contribution in [0, 0.1) is 5.92 Å². The number of aliphatic carboxylic acids is 1. The van der Waals surface area contributed by atoms with Crippen LogP contribution in [0.2, 0.25) is 0 Å². The van der Waals surface area contributed by atoms with Crippen molar-refractivity contribution in [1.29, 1.82) is 0 Å². The predicted octanol–water partition coefficient (Wildman–Crippen LogP) is 2.21. The number of nitrogens with zero attached hydrogens (tertiary/aromatic N) is 2. The zero-order valence-corrected chi connectivity index (χ0v) is 12.7. The number of carbonyl (C=O) groups is 1. The van der Waals surface area contributed by atoms with Crippen molar-refractivity contribution >= 4 is 5.97 Å². The molecule has 2 N–H and O–H groups in total. The predicted molar refractivity (Wildman–Crippen MR) is 80.1 cm³/mol. The maximum Gasteiger partial charge on any atom is 0.324 e. The summed E-state index contributed by atoms with van der Waals surface area (Å²) in [6.07, 6.45) is 10.7. The first-order chi connectivity index (χ1) is 10.2. The van der Waals surface area contributed by atoms with Crippen LogP contribution in [0.5, 0.6) is 0 Å². The third kappa shape index (κ3) is 2.84. The molecule has 3 rings (SSSR count). The summed E-state index contributed by atoms with van der Waals surface area (Å²) in [5, 5.41) is 13.2. The van der Waals surface area contributed by atoms with Crippen LogP contribution >= 0.6 is 0 Å². The number of nitrogens with one attached hydrogen (secondary N) is 1. The number of aryl methyl sites for hydroxylation is 2. The van der Waals surface area contributed by atoms with Crippen LogP contribution in [0.15, 0.2) is 12.4 Å². The van der Waals surface area contributed by atoms with Gasteiger partial charge in [0.15, 0.2) is 0 Å². The maximum absolute atomic E-state index is 11.9. The summed E-state index contributed by atoms with van der Waals surface area (Å²) in [4.78, 5) is 16.2. The standard InChI is InChI=1S/C16H25N3O2/c1-2-14-17-9-11-19(14)10-7-12-4-3-8-16(12,15(20)21)18-13-5-6-13/h9,11-13,18H,2-8,10H2,1H3,(H,20,21). The van der Waals surface area contributed by atoms with Crippen LogP contribution in [-0.2, 0) is 17.8 Å². The molecule has 0 saturated heterocycles. The molecule has 2 aliphatic carbocycles. The fourth-order valence-electron chi connectivity index (χ4n) is 3.75. The fourth-order valence-corrected chi connectivity index (χ4v) is 3.75. The van der Waals surface area contributed by atoms with Crippen LogP contribution in [0.4, 0.5) is 0 Å². The Morgan fingerprint density at radius 2 is 2.33 bits per heavy atom. The molecule has 1 heterocycles. The molecule has 0 bridgehead atoms. The zero-order valence-electron chi connectivity index (χ0n) is 12.7. The molecule has 2 aliphatic rings. The number of carboxylic acid groups (broad SMARTS) is 1. The summed E-state index contributed by atoms with van der Waals surface area (Å²) in [5.74, 6) is 0.657. The molecule has 2 fully saturated rings. The maximum atomic E-state index is 11.9.